The average Bonchev–Trinajstić information content (AvgIpc) is 2.28. The van der Waals surface area contributed by atoms with Gasteiger partial charge in [0.15, 0.2) is 0 Å². The fraction of sp³-hybridized carbons (Fsp3) is 0.286. The molecule has 1 rings (SSSR count). The van der Waals surface area contributed by atoms with Crippen molar-refractivity contribution in [2.24, 2.45) is 0 Å². The van der Waals surface area contributed by atoms with Gasteiger partial charge in [-0.1, -0.05) is 30.4 Å². The van der Waals surface area contributed by atoms with E-state index < -0.39 is 0 Å². The van der Waals surface area contributed by atoms with Crippen LogP contribution in [0.25, 0.3) is 0 Å². The summed E-state index contributed by atoms with van der Waals surface area (Å²) in [7, 11) is 0. The van der Waals surface area contributed by atoms with Crippen molar-refractivity contribution in [2.45, 2.75) is 26.8 Å². The molecule has 3 nitrogen and oxygen atoms in total. The Balaban J connectivity index is 2.58. The maximum Gasteiger partial charge on any atom is 0.256 e. The Morgan fingerprint density at radius 1 is 1.28 bits per heavy atom. The van der Waals surface area contributed by atoms with E-state index in [9.17, 15) is 4.79 Å². The van der Waals surface area contributed by atoms with Crippen molar-refractivity contribution in [3.8, 4) is 0 Å². The van der Waals surface area contributed by atoms with Crippen LogP contribution in [0.5, 0.6) is 0 Å². The first-order valence-corrected chi connectivity index (χ1v) is 6.25. The number of benzene rings is 1. The predicted octanol–water partition coefficient (Wildman–Crippen LogP) is 2.65. The smallest absolute Gasteiger partial charge is 0.256 e. The molecule has 0 spiro atoms. The number of hydrogen-bond donors (Lipinski definition) is 2. The number of rotatable bonds is 4. The third-order valence-electron chi connectivity index (χ3n) is 2.14. The molecule has 0 radical (unpaired) electrons. The van der Waals surface area contributed by atoms with Gasteiger partial charge in [0.05, 0.1) is 0 Å². The van der Waals surface area contributed by atoms with Crippen molar-refractivity contribution in [3.63, 3.8) is 0 Å². The molecule has 2 N–H and O–H groups in total. The van der Waals surface area contributed by atoms with Crippen LogP contribution in [-0.2, 0) is 0 Å². The number of amides is 1. The predicted molar refractivity (Wildman–Crippen MR) is 78.5 cm³/mol. The van der Waals surface area contributed by atoms with Crippen LogP contribution in [0.4, 0.5) is 0 Å². The molecule has 0 heterocycles. The van der Waals surface area contributed by atoms with Crippen molar-refractivity contribution in [1.29, 1.82) is 0 Å². The Hall–Kier alpha value is -1.68. The summed E-state index contributed by atoms with van der Waals surface area (Å²) in [5, 5.41) is 5.89. The minimum absolute atomic E-state index is 0.186. The second-order valence-corrected chi connectivity index (χ2v) is 4.75. The van der Waals surface area contributed by atoms with Crippen LogP contribution in [0.2, 0.25) is 0 Å². The highest BCUT2D eigenvalue weighted by Crippen LogP contribution is 1.98. The van der Waals surface area contributed by atoms with Crippen molar-refractivity contribution in [1.82, 2.24) is 10.6 Å². The lowest BCUT2D eigenvalue weighted by molar-refractivity contribution is 0.0978. The SMILES string of the molecule is CC(=CC(=S)NC(=O)c1ccccc1)NC(C)C. The number of allylic oxidation sites excluding steroid dienone is 1. The van der Waals surface area contributed by atoms with E-state index in [0.29, 0.717) is 16.6 Å². The summed E-state index contributed by atoms with van der Waals surface area (Å²) in [5.74, 6) is -0.186. The van der Waals surface area contributed by atoms with Crippen LogP contribution < -0.4 is 10.6 Å². The zero-order valence-electron chi connectivity index (χ0n) is 10.9. The molecule has 0 aromatic heterocycles. The molecule has 0 unspecified atom stereocenters. The molecular formula is C14H18N2OS. The van der Waals surface area contributed by atoms with E-state index in [1.165, 1.54) is 0 Å². The summed E-state index contributed by atoms with van der Waals surface area (Å²) in [6, 6.07) is 9.35. The van der Waals surface area contributed by atoms with Gasteiger partial charge in [0, 0.05) is 17.3 Å². The molecule has 4 heteroatoms. The van der Waals surface area contributed by atoms with Gasteiger partial charge in [0.2, 0.25) is 0 Å². The van der Waals surface area contributed by atoms with E-state index in [-0.39, 0.29) is 5.91 Å². The van der Waals surface area contributed by atoms with Gasteiger partial charge in [0.25, 0.3) is 5.91 Å². The number of carbonyl (C=O) groups is 1. The van der Waals surface area contributed by atoms with Gasteiger partial charge in [0.1, 0.15) is 4.99 Å². The van der Waals surface area contributed by atoms with Gasteiger partial charge in [-0.15, -0.1) is 0 Å². The zero-order valence-corrected chi connectivity index (χ0v) is 11.7. The quantitative estimate of drug-likeness (QED) is 0.647. The van der Waals surface area contributed by atoms with Crippen molar-refractivity contribution < 1.29 is 4.79 Å². The molecule has 0 fully saturated rings. The summed E-state index contributed by atoms with van der Waals surface area (Å²) in [4.78, 5) is 12.2. The lowest BCUT2D eigenvalue weighted by Crippen LogP contribution is -2.29. The monoisotopic (exact) mass is 262 g/mol. The van der Waals surface area contributed by atoms with Crippen molar-refractivity contribution in [3.05, 3.63) is 47.7 Å². The normalized spacial score (nSPS) is 11.2. The molecule has 0 bridgehead atoms. The number of carbonyl (C=O) groups excluding carboxylic acids is 1. The number of thiocarbonyl (C=S) groups is 1. The Labute approximate surface area is 113 Å². The fourth-order valence-corrected chi connectivity index (χ4v) is 1.77. The van der Waals surface area contributed by atoms with Crippen LogP contribution in [0.1, 0.15) is 31.1 Å². The lowest BCUT2D eigenvalue weighted by atomic mass is 10.2. The molecule has 0 saturated carbocycles. The van der Waals surface area contributed by atoms with Crippen LogP contribution >= 0.6 is 12.2 Å². The molecule has 1 aromatic carbocycles. The van der Waals surface area contributed by atoms with Gasteiger partial charge in [-0.2, -0.15) is 0 Å². The highest BCUT2D eigenvalue weighted by Gasteiger charge is 2.05. The molecule has 0 saturated heterocycles. The van der Waals surface area contributed by atoms with E-state index in [4.69, 9.17) is 12.2 Å². The molecule has 0 atom stereocenters. The molecule has 0 aliphatic rings. The number of hydrogen-bond acceptors (Lipinski definition) is 3. The third-order valence-corrected chi connectivity index (χ3v) is 2.36. The highest BCUT2D eigenvalue weighted by molar-refractivity contribution is 7.80. The maximum atomic E-state index is 11.8. The Morgan fingerprint density at radius 3 is 2.44 bits per heavy atom. The van der Waals surface area contributed by atoms with Gasteiger partial charge in [-0.3, -0.25) is 4.79 Å². The molecule has 1 aromatic rings. The molecule has 0 aliphatic heterocycles. The average molecular weight is 262 g/mol. The first-order valence-electron chi connectivity index (χ1n) is 5.84. The minimum atomic E-state index is -0.186. The zero-order chi connectivity index (χ0) is 13.5. The summed E-state index contributed by atoms with van der Waals surface area (Å²) in [6.07, 6.45) is 1.75. The summed E-state index contributed by atoms with van der Waals surface area (Å²) >= 11 is 5.11. The van der Waals surface area contributed by atoms with E-state index in [2.05, 4.69) is 10.6 Å². The molecular weight excluding hydrogens is 244 g/mol. The van der Waals surface area contributed by atoms with Crippen LogP contribution in [-0.4, -0.2) is 16.9 Å². The second-order valence-electron chi connectivity index (χ2n) is 4.31. The van der Waals surface area contributed by atoms with Crippen LogP contribution in [0.3, 0.4) is 0 Å². The maximum absolute atomic E-state index is 11.8. The van der Waals surface area contributed by atoms with Crippen molar-refractivity contribution in [2.75, 3.05) is 0 Å². The number of nitrogens with one attached hydrogen (secondary N) is 2. The molecule has 96 valence electrons. The summed E-state index contributed by atoms with van der Waals surface area (Å²) < 4.78 is 0. The van der Waals surface area contributed by atoms with Crippen LogP contribution in [0, 0.1) is 0 Å². The van der Waals surface area contributed by atoms with Gasteiger partial charge >= 0.3 is 0 Å². The first kappa shape index (κ1) is 14.4. The lowest BCUT2D eigenvalue weighted by Gasteiger charge is -2.10. The minimum Gasteiger partial charge on any atom is -0.386 e. The molecule has 18 heavy (non-hydrogen) atoms. The summed E-state index contributed by atoms with van der Waals surface area (Å²) in [6.45, 7) is 6.01. The third kappa shape index (κ3) is 5.10. The van der Waals surface area contributed by atoms with Crippen LogP contribution in [0.15, 0.2) is 42.1 Å². The van der Waals surface area contributed by atoms with E-state index in [1.807, 2.05) is 39.0 Å². The van der Waals surface area contributed by atoms with E-state index in [1.54, 1.807) is 18.2 Å². The van der Waals surface area contributed by atoms with E-state index in [0.717, 1.165) is 5.70 Å². The van der Waals surface area contributed by atoms with Crippen molar-refractivity contribution >= 4 is 23.1 Å². The highest BCUT2D eigenvalue weighted by atomic mass is 32.1. The Morgan fingerprint density at radius 2 is 1.89 bits per heavy atom. The molecule has 0 aliphatic carbocycles. The molecule has 1 amide bonds. The van der Waals surface area contributed by atoms with Gasteiger partial charge in [-0.05, 0) is 39.0 Å². The fourth-order valence-electron chi connectivity index (χ4n) is 1.50. The first-order chi connectivity index (χ1) is 8.49. The summed E-state index contributed by atoms with van der Waals surface area (Å²) in [5.41, 5.74) is 1.53. The Bertz CT molecular complexity index is 452. The standard InChI is InChI=1S/C14H18N2OS/c1-10(2)15-11(3)9-13(18)16-14(17)12-7-5-4-6-8-12/h4-10,15H,1-3H3,(H,16,17,18). The largest absolute Gasteiger partial charge is 0.386 e. The Kier molecular flexibility index (Phi) is 5.52. The topological polar surface area (TPSA) is 41.1 Å². The van der Waals surface area contributed by atoms with E-state index >= 15 is 0 Å². The van der Waals surface area contributed by atoms with Gasteiger partial charge < -0.3 is 10.6 Å². The van der Waals surface area contributed by atoms with Gasteiger partial charge in [-0.25, -0.2) is 0 Å². The second kappa shape index (κ2) is 6.91.